The van der Waals surface area contributed by atoms with Crippen LogP contribution in [0.5, 0.6) is 0 Å². The molecule has 0 saturated carbocycles. The number of hydrogen-bond acceptors (Lipinski definition) is 11. The molecule has 2 saturated heterocycles. The van der Waals surface area contributed by atoms with Gasteiger partial charge in [0, 0.05) is 10.8 Å². The lowest BCUT2D eigenvalue weighted by atomic mass is 10.0. The van der Waals surface area contributed by atoms with Gasteiger partial charge in [0.15, 0.2) is 12.5 Å². The fourth-order valence-electron chi connectivity index (χ4n) is 4.29. The fraction of sp³-hybridized carbons (Fsp3) is 0.435. The van der Waals surface area contributed by atoms with E-state index in [4.69, 9.17) is 9.47 Å². The summed E-state index contributed by atoms with van der Waals surface area (Å²) in [6.45, 7) is -0.355. The molecule has 0 amide bonds. The van der Waals surface area contributed by atoms with E-state index in [1.807, 2.05) is 30.3 Å². The molecule has 34 heavy (non-hydrogen) atoms. The number of aliphatic hydroxyl groups is 6. The molecule has 2 fully saturated rings. The minimum absolute atomic E-state index is 0.174. The second-order valence-corrected chi connectivity index (χ2v) is 8.63. The van der Waals surface area contributed by atoms with Gasteiger partial charge in [-0.2, -0.15) is 0 Å². The molecule has 5 rings (SSSR count). The van der Waals surface area contributed by atoms with Crippen LogP contribution in [0.1, 0.15) is 0 Å². The van der Waals surface area contributed by atoms with Crippen LogP contribution >= 0.6 is 0 Å². The molecule has 3 aromatic rings. The van der Waals surface area contributed by atoms with Crippen LogP contribution < -0.4 is 10.6 Å². The molecule has 8 N–H and O–H groups in total. The number of aromatic nitrogens is 1. The van der Waals surface area contributed by atoms with Crippen LogP contribution in [-0.4, -0.2) is 97.9 Å². The summed E-state index contributed by atoms with van der Waals surface area (Å²) >= 11 is 0. The number of nitrogens with one attached hydrogen (secondary N) is 2. The van der Waals surface area contributed by atoms with Crippen molar-refractivity contribution in [3.8, 4) is 0 Å². The van der Waals surface area contributed by atoms with Crippen LogP contribution in [0.4, 0.5) is 11.4 Å². The highest BCUT2D eigenvalue weighted by molar-refractivity contribution is 6.03. The summed E-state index contributed by atoms with van der Waals surface area (Å²) in [6.07, 6.45) is -10.1. The number of fused-ring (bicyclic) bond motifs is 2. The fourth-order valence-corrected chi connectivity index (χ4v) is 4.29. The van der Waals surface area contributed by atoms with Crippen molar-refractivity contribution < 1.29 is 40.1 Å². The first-order chi connectivity index (χ1) is 16.3. The number of nitrogens with zero attached hydrogens (tertiary/aromatic N) is 1. The van der Waals surface area contributed by atoms with Crippen LogP contribution in [0.15, 0.2) is 42.5 Å². The van der Waals surface area contributed by atoms with Gasteiger partial charge in [-0.25, -0.2) is 4.98 Å². The molecule has 3 heterocycles. The number of aliphatic hydroxyl groups excluding tert-OH is 6. The summed E-state index contributed by atoms with van der Waals surface area (Å²) in [6, 6.07) is 12.9. The van der Waals surface area contributed by atoms with Gasteiger partial charge in [0.2, 0.25) is 0 Å². The lowest BCUT2D eigenvalue weighted by Crippen LogP contribution is -2.56. The van der Waals surface area contributed by atoms with Gasteiger partial charge < -0.3 is 50.7 Å². The minimum atomic E-state index is -1.42. The first-order valence-electron chi connectivity index (χ1n) is 11.0. The maximum Gasteiger partial charge on any atom is 0.156 e. The van der Waals surface area contributed by atoms with E-state index < -0.39 is 49.1 Å². The SMILES string of the molecule is O[C@@H]1[C@H](O)[C@H](O)CO[C@@H]1Nc1ccc2nc3ccccc3cc2c1N[C@H]1OC[C@@H](O)[C@@H](O)[C@H]1O. The smallest absolute Gasteiger partial charge is 0.156 e. The monoisotopic (exact) mass is 473 g/mol. The lowest BCUT2D eigenvalue weighted by molar-refractivity contribution is -0.179. The Hall–Kier alpha value is -2.61. The van der Waals surface area contributed by atoms with E-state index in [1.165, 1.54) is 0 Å². The maximum absolute atomic E-state index is 10.5. The predicted octanol–water partition coefficient (Wildman–Crippen LogP) is -0.910. The second kappa shape index (κ2) is 9.21. The minimum Gasteiger partial charge on any atom is -0.388 e. The number of pyridine rings is 1. The highest BCUT2D eigenvalue weighted by atomic mass is 16.5. The summed E-state index contributed by atoms with van der Waals surface area (Å²) in [5.41, 5.74) is 2.31. The number of rotatable bonds is 4. The van der Waals surface area contributed by atoms with Gasteiger partial charge in [0.25, 0.3) is 0 Å². The van der Waals surface area contributed by atoms with Crippen molar-refractivity contribution in [3.63, 3.8) is 0 Å². The van der Waals surface area contributed by atoms with Crippen molar-refractivity contribution in [2.75, 3.05) is 23.8 Å². The Morgan fingerprint density at radius 2 is 1.32 bits per heavy atom. The molecule has 1 aromatic heterocycles. The summed E-state index contributed by atoms with van der Waals surface area (Å²) < 4.78 is 11.0. The van der Waals surface area contributed by atoms with Crippen LogP contribution in [-0.2, 0) is 9.47 Å². The summed E-state index contributed by atoms with van der Waals surface area (Å²) in [7, 11) is 0. The van der Waals surface area contributed by atoms with Crippen LogP contribution in [0.25, 0.3) is 21.8 Å². The van der Waals surface area contributed by atoms with Crippen molar-refractivity contribution in [1.29, 1.82) is 0 Å². The number of benzene rings is 2. The van der Waals surface area contributed by atoms with Crippen molar-refractivity contribution in [2.24, 2.45) is 0 Å². The molecule has 0 radical (unpaired) electrons. The molecule has 8 atom stereocenters. The van der Waals surface area contributed by atoms with Crippen molar-refractivity contribution >= 4 is 33.2 Å². The molecule has 182 valence electrons. The van der Waals surface area contributed by atoms with Crippen LogP contribution in [0.2, 0.25) is 0 Å². The molecule has 2 aromatic carbocycles. The first kappa shape index (κ1) is 23.1. The Morgan fingerprint density at radius 1 is 0.706 bits per heavy atom. The Balaban J connectivity index is 1.56. The maximum atomic E-state index is 10.5. The van der Waals surface area contributed by atoms with E-state index in [1.54, 1.807) is 12.1 Å². The van der Waals surface area contributed by atoms with Gasteiger partial charge in [-0.1, -0.05) is 18.2 Å². The molecule has 2 aliphatic heterocycles. The second-order valence-electron chi connectivity index (χ2n) is 8.63. The van der Waals surface area contributed by atoms with Crippen molar-refractivity contribution in [2.45, 2.75) is 49.1 Å². The third-order valence-electron chi connectivity index (χ3n) is 6.29. The van der Waals surface area contributed by atoms with Gasteiger partial charge >= 0.3 is 0 Å². The van der Waals surface area contributed by atoms with Crippen LogP contribution in [0, 0.1) is 0 Å². The van der Waals surface area contributed by atoms with Gasteiger partial charge in [-0.05, 0) is 24.3 Å². The predicted molar refractivity (Wildman–Crippen MR) is 122 cm³/mol. The number of hydrogen-bond donors (Lipinski definition) is 8. The quantitative estimate of drug-likeness (QED) is 0.220. The summed E-state index contributed by atoms with van der Waals surface area (Å²) in [5, 5.41) is 68.2. The molecule has 2 aliphatic rings. The van der Waals surface area contributed by atoms with Crippen LogP contribution in [0.3, 0.4) is 0 Å². The molecule has 11 heteroatoms. The molecule has 0 spiro atoms. The number of para-hydroxylation sites is 1. The van der Waals surface area contributed by atoms with E-state index in [0.717, 1.165) is 10.9 Å². The van der Waals surface area contributed by atoms with E-state index in [9.17, 15) is 30.6 Å². The Bertz CT molecular complexity index is 1180. The first-order valence-corrected chi connectivity index (χ1v) is 11.0. The highest BCUT2D eigenvalue weighted by Crippen LogP contribution is 2.35. The molecule has 0 bridgehead atoms. The van der Waals surface area contributed by atoms with E-state index in [-0.39, 0.29) is 13.2 Å². The molecule has 11 nitrogen and oxygen atoms in total. The normalized spacial score (nSPS) is 34.3. The zero-order valence-electron chi connectivity index (χ0n) is 18.0. The molecular weight excluding hydrogens is 446 g/mol. The van der Waals surface area contributed by atoms with E-state index >= 15 is 0 Å². The standard InChI is InChI=1S/C23H27N3O8/c27-15-8-33-22(20(31)18(15)29)25-14-6-5-13-11(7-10-3-1-2-4-12(10)24-13)17(14)26-23-21(32)19(30)16(28)9-34-23/h1-7,15-16,18-23,25-32H,8-9H2/t15-,16-,18-,19-,20-,21-,22+,23+/m1/s1. The Labute approximate surface area is 194 Å². The molecular formula is C23H27N3O8. The average molecular weight is 473 g/mol. The average Bonchev–Trinajstić information content (AvgIpc) is 2.84. The van der Waals surface area contributed by atoms with E-state index in [2.05, 4.69) is 15.6 Å². The third kappa shape index (κ3) is 4.17. The summed E-state index contributed by atoms with van der Waals surface area (Å²) in [4.78, 5) is 4.69. The molecule has 0 unspecified atom stereocenters. The third-order valence-corrected chi connectivity index (χ3v) is 6.29. The zero-order valence-corrected chi connectivity index (χ0v) is 18.0. The van der Waals surface area contributed by atoms with Crippen molar-refractivity contribution in [3.05, 3.63) is 42.5 Å². The van der Waals surface area contributed by atoms with Gasteiger partial charge in [-0.3, -0.25) is 0 Å². The van der Waals surface area contributed by atoms with E-state index in [0.29, 0.717) is 22.3 Å². The lowest BCUT2D eigenvalue weighted by Gasteiger charge is -2.38. The van der Waals surface area contributed by atoms with Crippen molar-refractivity contribution in [1.82, 2.24) is 4.98 Å². The largest absolute Gasteiger partial charge is 0.388 e. The Kier molecular flexibility index (Phi) is 6.27. The van der Waals surface area contributed by atoms with Gasteiger partial charge in [-0.15, -0.1) is 0 Å². The highest BCUT2D eigenvalue weighted by Gasteiger charge is 2.40. The number of ether oxygens (including phenoxy) is 2. The summed E-state index contributed by atoms with van der Waals surface area (Å²) in [5.74, 6) is 0. The Morgan fingerprint density at radius 3 is 2.00 bits per heavy atom. The topological polar surface area (TPSA) is 177 Å². The zero-order chi connectivity index (χ0) is 24.0. The number of anilines is 2. The van der Waals surface area contributed by atoms with Gasteiger partial charge in [0.05, 0.1) is 35.6 Å². The molecule has 0 aliphatic carbocycles. The van der Waals surface area contributed by atoms with Gasteiger partial charge in [0.1, 0.15) is 36.6 Å².